The molecule has 0 amide bonds. The Morgan fingerprint density at radius 1 is 1.50 bits per heavy atom. The minimum Gasteiger partial charge on any atom is -0.394 e. The van der Waals surface area contributed by atoms with Crippen LogP contribution in [-0.4, -0.2) is 40.8 Å². The first-order valence-corrected chi connectivity index (χ1v) is 6.03. The lowest BCUT2D eigenvalue weighted by Gasteiger charge is -2.34. The molecule has 0 aliphatic carbocycles. The summed E-state index contributed by atoms with van der Waals surface area (Å²) in [4.78, 5) is 9.63. The smallest absolute Gasteiger partial charge is 0.224 e. The van der Waals surface area contributed by atoms with Gasteiger partial charge in [-0.1, -0.05) is 6.92 Å². The van der Waals surface area contributed by atoms with Gasteiger partial charge >= 0.3 is 0 Å². The number of aliphatic hydroxyl groups is 1. The van der Waals surface area contributed by atoms with Crippen molar-refractivity contribution in [3.05, 3.63) is 12.0 Å². The summed E-state index contributed by atoms with van der Waals surface area (Å²) in [6, 6.07) is 0. The van der Waals surface area contributed by atoms with Crippen LogP contribution < -0.4 is 10.2 Å². The number of likely N-dealkylation sites (N-methyl/N-ethyl adjacent to an activating group) is 1. The molecule has 18 heavy (non-hydrogen) atoms. The van der Waals surface area contributed by atoms with E-state index in [1.165, 1.54) is 0 Å². The second-order valence-corrected chi connectivity index (χ2v) is 4.82. The Kier molecular flexibility index (Phi) is 4.84. The molecular weight excluding hydrogens is 235 g/mol. The summed E-state index contributed by atoms with van der Waals surface area (Å²) in [7, 11) is 1.70. The molecule has 0 saturated carbocycles. The van der Waals surface area contributed by atoms with Crippen LogP contribution in [0.4, 0.5) is 16.2 Å². The van der Waals surface area contributed by atoms with Crippen LogP contribution in [0.1, 0.15) is 27.2 Å². The second kappa shape index (κ2) is 5.95. The zero-order chi connectivity index (χ0) is 13.8. The molecule has 0 saturated heterocycles. The number of nitrogens with zero attached hydrogens (tertiary/aromatic N) is 3. The first-order valence-electron chi connectivity index (χ1n) is 6.03. The van der Waals surface area contributed by atoms with Gasteiger partial charge in [-0.15, -0.1) is 0 Å². The highest BCUT2D eigenvalue weighted by Crippen LogP contribution is 2.23. The lowest BCUT2D eigenvalue weighted by atomic mass is 10.1. The lowest BCUT2D eigenvalue weighted by molar-refractivity contribution is 0.215. The van der Waals surface area contributed by atoms with E-state index in [2.05, 4.69) is 15.3 Å². The van der Waals surface area contributed by atoms with E-state index < -0.39 is 11.4 Å². The van der Waals surface area contributed by atoms with E-state index >= 15 is 0 Å². The van der Waals surface area contributed by atoms with Crippen molar-refractivity contribution < 1.29 is 9.50 Å². The average molecular weight is 256 g/mol. The van der Waals surface area contributed by atoms with E-state index in [0.29, 0.717) is 5.95 Å². The van der Waals surface area contributed by atoms with Crippen LogP contribution in [-0.2, 0) is 0 Å². The molecule has 0 aliphatic heterocycles. The minimum absolute atomic E-state index is 0.0926. The highest BCUT2D eigenvalue weighted by atomic mass is 19.1. The van der Waals surface area contributed by atoms with Gasteiger partial charge in [-0.25, -0.2) is 9.37 Å². The van der Waals surface area contributed by atoms with E-state index in [9.17, 15) is 9.50 Å². The largest absolute Gasteiger partial charge is 0.394 e. The van der Waals surface area contributed by atoms with Gasteiger partial charge in [-0.05, 0) is 20.3 Å². The molecule has 1 rings (SSSR count). The SMILES string of the molecule is CCCNc1ncc(F)c(N(C)C(C)(C)CO)n1. The van der Waals surface area contributed by atoms with Gasteiger partial charge in [0, 0.05) is 13.6 Å². The van der Waals surface area contributed by atoms with Crippen molar-refractivity contribution in [1.29, 1.82) is 0 Å². The predicted molar refractivity (Wildman–Crippen MR) is 70.3 cm³/mol. The Morgan fingerprint density at radius 2 is 2.17 bits per heavy atom. The lowest BCUT2D eigenvalue weighted by Crippen LogP contribution is -2.45. The number of halogens is 1. The van der Waals surface area contributed by atoms with Crippen molar-refractivity contribution in [2.24, 2.45) is 0 Å². The quantitative estimate of drug-likeness (QED) is 0.810. The van der Waals surface area contributed by atoms with Crippen LogP contribution in [0.2, 0.25) is 0 Å². The molecule has 102 valence electrons. The standard InChI is InChI=1S/C12H21FN4O/c1-5-6-14-11-15-7-9(13)10(16-11)17(4)12(2,3)8-18/h7,18H,5-6,8H2,1-4H3,(H,14,15,16). The summed E-state index contributed by atoms with van der Waals surface area (Å²) in [5.41, 5.74) is -0.586. The molecule has 0 radical (unpaired) electrons. The first-order chi connectivity index (χ1) is 8.42. The number of nitrogens with one attached hydrogen (secondary N) is 1. The molecular formula is C12H21FN4O. The fourth-order valence-electron chi connectivity index (χ4n) is 1.31. The zero-order valence-corrected chi connectivity index (χ0v) is 11.4. The summed E-state index contributed by atoms with van der Waals surface area (Å²) in [6.07, 6.45) is 2.08. The van der Waals surface area contributed by atoms with Gasteiger partial charge in [0.15, 0.2) is 11.6 Å². The topological polar surface area (TPSA) is 61.3 Å². The summed E-state index contributed by atoms with van der Waals surface area (Å²) < 4.78 is 13.7. The molecule has 0 spiro atoms. The average Bonchev–Trinajstić information content (AvgIpc) is 2.37. The molecule has 6 heteroatoms. The second-order valence-electron chi connectivity index (χ2n) is 4.82. The van der Waals surface area contributed by atoms with Gasteiger partial charge < -0.3 is 15.3 Å². The fraction of sp³-hybridized carbons (Fsp3) is 0.667. The van der Waals surface area contributed by atoms with Crippen LogP contribution in [0.5, 0.6) is 0 Å². The van der Waals surface area contributed by atoms with Crippen molar-refractivity contribution in [1.82, 2.24) is 9.97 Å². The molecule has 1 heterocycles. The molecule has 0 bridgehead atoms. The Bertz CT molecular complexity index is 398. The van der Waals surface area contributed by atoms with Crippen LogP contribution in [0, 0.1) is 5.82 Å². The van der Waals surface area contributed by atoms with Gasteiger partial charge in [0.25, 0.3) is 0 Å². The van der Waals surface area contributed by atoms with Gasteiger partial charge in [0.05, 0.1) is 18.3 Å². The number of aromatic nitrogens is 2. The molecule has 5 nitrogen and oxygen atoms in total. The van der Waals surface area contributed by atoms with Crippen LogP contribution >= 0.6 is 0 Å². The fourth-order valence-corrected chi connectivity index (χ4v) is 1.31. The number of rotatable bonds is 6. The molecule has 2 N–H and O–H groups in total. The summed E-state index contributed by atoms with van der Waals surface area (Å²) in [6.45, 7) is 6.29. The Labute approximate surface area is 107 Å². The van der Waals surface area contributed by atoms with Crippen molar-refractivity contribution in [3.8, 4) is 0 Å². The molecule has 1 aromatic rings. The maximum absolute atomic E-state index is 13.7. The van der Waals surface area contributed by atoms with Crippen LogP contribution in [0.25, 0.3) is 0 Å². The zero-order valence-electron chi connectivity index (χ0n) is 11.4. The third-order valence-corrected chi connectivity index (χ3v) is 2.87. The Balaban J connectivity index is 3.00. The monoisotopic (exact) mass is 256 g/mol. The third-order valence-electron chi connectivity index (χ3n) is 2.87. The van der Waals surface area contributed by atoms with Gasteiger partial charge in [0.1, 0.15) is 0 Å². The molecule has 0 atom stereocenters. The summed E-state index contributed by atoms with van der Waals surface area (Å²) in [5, 5.41) is 12.3. The van der Waals surface area contributed by atoms with E-state index in [4.69, 9.17) is 0 Å². The number of aliphatic hydroxyl groups excluding tert-OH is 1. The van der Waals surface area contributed by atoms with Crippen molar-refractivity contribution in [2.75, 3.05) is 30.4 Å². The normalized spacial score (nSPS) is 11.4. The Hall–Kier alpha value is -1.43. The maximum atomic E-state index is 13.7. The summed E-state index contributed by atoms with van der Waals surface area (Å²) in [5.74, 6) is 0.0811. The van der Waals surface area contributed by atoms with E-state index in [-0.39, 0.29) is 12.4 Å². The maximum Gasteiger partial charge on any atom is 0.224 e. The predicted octanol–water partition coefficient (Wildman–Crippen LogP) is 1.64. The molecule has 1 aromatic heterocycles. The van der Waals surface area contributed by atoms with Gasteiger partial charge in [0.2, 0.25) is 5.95 Å². The van der Waals surface area contributed by atoms with Crippen molar-refractivity contribution in [2.45, 2.75) is 32.7 Å². The number of anilines is 2. The highest BCUT2D eigenvalue weighted by Gasteiger charge is 2.26. The van der Waals surface area contributed by atoms with Crippen LogP contribution in [0.3, 0.4) is 0 Å². The molecule has 0 unspecified atom stereocenters. The van der Waals surface area contributed by atoms with Gasteiger partial charge in [-0.3, -0.25) is 0 Å². The van der Waals surface area contributed by atoms with Crippen molar-refractivity contribution >= 4 is 11.8 Å². The minimum atomic E-state index is -0.586. The highest BCUT2D eigenvalue weighted by molar-refractivity contribution is 5.45. The molecule has 0 aliphatic rings. The van der Waals surface area contributed by atoms with E-state index in [1.54, 1.807) is 11.9 Å². The van der Waals surface area contributed by atoms with Crippen LogP contribution in [0.15, 0.2) is 6.20 Å². The number of hydrogen-bond donors (Lipinski definition) is 2. The first kappa shape index (κ1) is 14.6. The molecule has 0 aromatic carbocycles. The van der Waals surface area contributed by atoms with Crippen molar-refractivity contribution in [3.63, 3.8) is 0 Å². The third kappa shape index (κ3) is 3.29. The van der Waals surface area contributed by atoms with E-state index in [1.807, 2.05) is 20.8 Å². The number of hydrogen-bond acceptors (Lipinski definition) is 5. The molecule has 0 fully saturated rings. The Morgan fingerprint density at radius 3 is 2.72 bits per heavy atom. The van der Waals surface area contributed by atoms with Gasteiger partial charge in [-0.2, -0.15) is 4.98 Å². The van der Waals surface area contributed by atoms with E-state index in [0.717, 1.165) is 19.2 Å². The summed E-state index contributed by atoms with van der Waals surface area (Å²) >= 11 is 0.